The van der Waals surface area contributed by atoms with Gasteiger partial charge in [0.15, 0.2) is 0 Å². The van der Waals surface area contributed by atoms with E-state index in [9.17, 15) is 32.9 Å². The number of thiophene rings is 1. The molecule has 0 aliphatic rings. The molecule has 0 fully saturated rings. The van der Waals surface area contributed by atoms with Gasteiger partial charge in [-0.2, -0.15) is 13.2 Å². The number of halogens is 3. The number of aryl methyl sites for hydroxylation is 2. The Balaban J connectivity index is 1.98. The molecule has 0 bridgehead atoms. The highest BCUT2D eigenvalue weighted by Gasteiger charge is 2.31. The Labute approximate surface area is 188 Å². The van der Waals surface area contributed by atoms with Crippen molar-refractivity contribution >= 4 is 27.2 Å². The van der Waals surface area contributed by atoms with Crippen LogP contribution in [0.1, 0.15) is 21.6 Å². The number of fused-ring (bicyclic) bond motifs is 1. The van der Waals surface area contributed by atoms with E-state index in [1.165, 1.54) is 46.2 Å². The molecule has 0 atom stereocenters. The molecule has 7 nitrogen and oxygen atoms in total. The lowest BCUT2D eigenvalue weighted by atomic mass is 10.1. The number of nitrogens with zero attached hydrogens (tertiary/aromatic N) is 3. The average molecular weight is 475 g/mol. The van der Waals surface area contributed by atoms with Crippen molar-refractivity contribution in [1.82, 2.24) is 9.13 Å². The van der Waals surface area contributed by atoms with Crippen molar-refractivity contribution in [3.8, 4) is 5.69 Å². The minimum absolute atomic E-state index is 0.0219. The summed E-state index contributed by atoms with van der Waals surface area (Å²) in [5.41, 5.74) is -1.59. The van der Waals surface area contributed by atoms with Crippen LogP contribution in [0.15, 0.2) is 58.1 Å². The lowest BCUT2D eigenvalue weighted by Crippen LogP contribution is -2.39. The van der Waals surface area contributed by atoms with Gasteiger partial charge in [0.2, 0.25) is 0 Å². The van der Waals surface area contributed by atoms with Gasteiger partial charge in [0.25, 0.3) is 11.2 Å². The Morgan fingerprint density at radius 3 is 2.33 bits per heavy atom. The van der Waals surface area contributed by atoms with Crippen molar-refractivity contribution in [2.24, 2.45) is 0 Å². The largest absolute Gasteiger partial charge is 0.416 e. The van der Waals surface area contributed by atoms with Crippen LogP contribution in [0.3, 0.4) is 0 Å². The highest BCUT2D eigenvalue weighted by molar-refractivity contribution is 7.18. The number of nitro benzene ring substituents is 1. The smallest absolute Gasteiger partial charge is 0.280 e. The van der Waals surface area contributed by atoms with Gasteiger partial charge in [0.05, 0.1) is 28.1 Å². The first-order chi connectivity index (χ1) is 15.5. The fourth-order valence-electron chi connectivity index (χ4n) is 3.55. The van der Waals surface area contributed by atoms with Crippen molar-refractivity contribution in [2.75, 3.05) is 0 Å². The maximum absolute atomic E-state index is 13.4. The molecule has 0 aliphatic carbocycles. The summed E-state index contributed by atoms with van der Waals surface area (Å²) in [6.07, 6.45) is -4.64. The van der Waals surface area contributed by atoms with Crippen LogP contribution in [0.5, 0.6) is 0 Å². The minimum atomic E-state index is -4.64. The topological polar surface area (TPSA) is 87.1 Å². The number of alkyl halides is 3. The molecule has 0 saturated heterocycles. The molecule has 0 unspecified atom stereocenters. The molecule has 0 spiro atoms. The standard InChI is InChI=1S/C22H16F3N3O4S/c1-12-13(2)33-20-18(12)19(29)27(17-5-3-4-15(10-17)22(23,24)25)21(30)26(20)11-14-6-8-16(9-7-14)28(31)32/h3-10H,11H2,1-2H3. The van der Waals surface area contributed by atoms with Crippen molar-refractivity contribution in [1.29, 1.82) is 0 Å². The Kier molecular flexibility index (Phi) is 5.44. The van der Waals surface area contributed by atoms with Crippen LogP contribution >= 0.6 is 11.3 Å². The van der Waals surface area contributed by atoms with Gasteiger partial charge in [-0.05, 0) is 43.2 Å². The summed E-state index contributed by atoms with van der Waals surface area (Å²) in [5, 5.41) is 11.2. The molecule has 0 saturated carbocycles. The van der Waals surface area contributed by atoms with E-state index in [0.29, 0.717) is 16.0 Å². The van der Waals surface area contributed by atoms with Crippen LogP contribution in [0.25, 0.3) is 15.9 Å². The van der Waals surface area contributed by atoms with E-state index in [1.54, 1.807) is 13.8 Å². The highest BCUT2D eigenvalue weighted by Crippen LogP contribution is 2.31. The molecule has 0 aliphatic heterocycles. The van der Waals surface area contributed by atoms with E-state index in [2.05, 4.69) is 0 Å². The zero-order chi connectivity index (χ0) is 24.1. The van der Waals surface area contributed by atoms with Crippen molar-refractivity contribution in [3.05, 3.63) is 101 Å². The third kappa shape index (κ3) is 3.95. The quantitative estimate of drug-likeness (QED) is 0.313. The predicted octanol–water partition coefficient (Wildman–Crippen LogP) is 4.81. The maximum Gasteiger partial charge on any atom is 0.416 e. The van der Waals surface area contributed by atoms with Gasteiger partial charge in [-0.1, -0.05) is 18.2 Å². The number of hydrogen-bond donors (Lipinski definition) is 0. The Morgan fingerprint density at radius 2 is 1.73 bits per heavy atom. The average Bonchev–Trinajstić information content (AvgIpc) is 3.06. The Bertz CT molecular complexity index is 1520. The summed E-state index contributed by atoms with van der Waals surface area (Å²) in [4.78, 5) is 38.2. The number of rotatable bonds is 4. The Morgan fingerprint density at radius 1 is 1.06 bits per heavy atom. The van der Waals surface area contributed by atoms with Gasteiger partial charge < -0.3 is 0 Å². The fraction of sp³-hybridized carbons (Fsp3) is 0.182. The third-order valence-electron chi connectivity index (χ3n) is 5.37. The first kappa shape index (κ1) is 22.5. The molecular weight excluding hydrogens is 459 g/mol. The number of benzene rings is 2. The Hall–Kier alpha value is -3.73. The van der Waals surface area contributed by atoms with E-state index in [-0.39, 0.29) is 23.3 Å². The number of non-ortho nitro benzene ring substituents is 1. The van der Waals surface area contributed by atoms with E-state index >= 15 is 0 Å². The van der Waals surface area contributed by atoms with E-state index in [0.717, 1.165) is 27.6 Å². The summed E-state index contributed by atoms with van der Waals surface area (Å²) in [6, 6.07) is 9.61. The van der Waals surface area contributed by atoms with Gasteiger partial charge in [-0.25, -0.2) is 9.36 Å². The van der Waals surface area contributed by atoms with E-state index in [4.69, 9.17) is 0 Å². The van der Waals surface area contributed by atoms with Crippen LogP contribution in [0, 0.1) is 24.0 Å². The normalized spacial score (nSPS) is 11.8. The van der Waals surface area contributed by atoms with Crippen LogP contribution in [0.2, 0.25) is 0 Å². The van der Waals surface area contributed by atoms with E-state index in [1.807, 2.05) is 0 Å². The second-order valence-electron chi connectivity index (χ2n) is 7.44. The third-order valence-corrected chi connectivity index (χ3v) is 6.60. The van der Waals surface area contributed by atoms with Gasteiger partial charge in [-0.15, -0.1) is 11.3 Å². The monoisotopic (exact) mass is 475 g/mol. The van der Waals surface area contributed by atoms with Crippen LogP contribution in [0.4, 0.5) is 18.9 Å². The molecule has 0 N–H and O–H groups in total. The summed E-state index contributed by atoms with van der Waals surface area (Å²) in [5.74, 6) is 0. The molecule has 4 rings (SSSR count). The zero-order valence-corrected chi connectivity index (χ0v) is 18.2. The van der Waals surface area contributed by atoms with Crippen LogP contribution in [-0.4, -0.2) is 14.1 Å². The zero-order valence-electron chi connectivity index (χ0n) is 17.3. The molecule has 2 aromatic carbocycles. The second-order valence-corrected chi connectivity index (χ2v) is 8.65. The first-order valence-corrected chi connectivity index (χ1v) is 10.5. The number of aromatic nitrogens is 2. The molecule has 0 radical (unpaired) electrons. The highest BCUT2D eigenvalue weighted by atomic mass is 32.1. The van der Waals surface area contributed by atoms with Crippen molar-refractivity contribution in [2.45, 2.75) is 26.6 Å². The summed E-state index contributed by atoms with van der Waals surface area (Å²) >= 11 is 1.23. The van der Waals surface area contributed by atoms with Gasteiger partial charge in [0.1, 0.15) is 4.83 Å². The maximum atomic E-state index is 13.4. The molecule has 170 valence electrons. The minimum Gasteiger partial charge on any atom is -0.280 e. The SMILES string of the molecule is Cc1sc2c(c1C)c(=O)n(-c1cccc(C(F)(F)F)c1)c(=O)n2Cc1ccc([N+](=O)[O-])cc1. The van der Waals surface area contributed by atoms with Crippen molar-refractivity contribution < 1.29 is 18.1 Å². The molecule has 33 heavy (non-hydrogen) atoms. The number of nitro groups is 1. The first-order valence-electron chi connectivity index (χ1n) is 9.65. The lowest BCUT2D eigenvalue weighted by molar-refractivity contribution is -0.384. The van der Waals surface area contributed by atoms with Gasteiger partial charge in [0, 0.05) is 17.0 Å². The summed E-state index contributed by atoms with van der Waals surface area (Å²) in [7, 11) is 0. The number of hydrogen-bond acceptors (Lipinski definition) is 5. The molecule has 0 amide bonds. The van der Waals surface area contributed by atoms with E-state index < -0.39 is 27.9 Å². The molecule has 4 aromatic rings. The van der Waals surface area contributed by atoms with Crippen LogP contribution < -0.4 is 11.2 Å². The predicted molar refractivity (Wildman–Crippen MR) is 118 cm³/mol. The molecule has 2 heterocycles. The fourth-order valence-corrected chi connectivity index (χ4v) is 4.69. The van der Waals surface area contributed by atoms with Crippen molar-refractivity contribution in [3.63, 3.8) is 0 Å². The van der Waals surface area contributed by atoms with Gasteiger partial charge in [-0.3, -0.25) is 19.5 Å². The summed E-state index contributed by atoms with van der Waals surface area (Å²) < 4.78 is 41.8. The summed E-state index contributed by atoms with van der Waals surface area (Å²) in [6.45, 7) is 3.48. The van der Waals surface area contributed by atoms with Gasteiger partial charge >= 0.3 is 11.9 Å². The lowest BCUT2D eigenvalue weighted by Gasteiger charge is -2.14. The van der Waals surface area contributed by atoms with Crippen LogP contribution in [-0.2, 0) is 12.7 Å². The molecule has 2 aromatic heterocycles. The molecular formula is C22H16F3N3O4S. The second kappa shape index (κ2) is 8.00. The molecule has 11 heteroatoms.